The molecular formula is C36H36O4. The summed E-state index contributed by atoms with van der Waals surface area (Å²) < 4.78 is 0. The summed E-state index contributed by atoms with van der Waals surface area (Å²) in [5, 5.41) is 20.8. The van der Waals surface area contributed by atoms with Gasteiger partial charge in [-0.25, -0.2) is 0 Å². The van der Waals surface area contributed by atoms with Gasteiger partial charge in [-0.1, -0.05) is 101 Å². The molecule has 4 rings (SSSR count). The molecule has 0 heterocycles. The van der Waals surface area contributed by atoms with Crippen molar-refractivity contribution in [3.8, 4) is 11.5 Å². The summed E-state index contributed by atoms with van der Waals surface area (Å²) in [6.45, 7) is 8.46. The van der Waals surface area contributed by atoms with Gasteiger partial charge in [-0.15, -0.1) is 0 Å². The monoisotopic (exact) mass is 532 g/mol. The van der Waals surface area contributed by atoms with E-state index in [2.05, 4.69) is 27.7 Å². The summed E-state index contributed by atoms with van der Waals surface area (Å²) in [6, 6.07) is 25.0. The van der Waals surface area contributed by atoms with Crippen LogP contribution in [0.2, 0.25) is 0 Å². The summed E-state index contributed by atoms with van der Waals surface area (Å²) in [7, 11) is 0. The second kappa shape index (κ2) is 12.6. The quantitative estimate of drug-likeness (QED) is 0.160. The molecule has 0 fully saturated rings. The fraction of sp³-hybridized carbons (Fsp3) is 0.222. The number of aromatic hydroxyl groups is 2. The minimum Gasteiger partial charge on any atom is -0.507 e. The molecule has 0 spiro atoms. The number of hydrogen-bond donors (Lipinski definition) is 2. The topological polar surface area (TPSA) is 74.6 Å². The van der Waals surface area contributed by atoms with Crippen LogP contribution < -0.4 is 0 Å². The molecule has 0 saturated carbocycles. The third kappa shape index (κ3) is 7.15. The van der Waals surface area contributed by atoms with E-state index in [1.54, 1.807) is 48.5 Å². The maximum atomic E-state index is 12.9. The zero-order chi connectivity index (χ0) is 28.8. The Labute approximate surface area is 236 Å². The van der Waals surface area contributed by atoms with Gasteiger partial charge in [0.15, 0.2) is 11.6 Å². The number of ketones is 2. The minimum absolute atomic E-state index is 0.00686. The fourth-order valence-electron chi connectivity index (χ4n) is 4.73. The van der Waals surface area contributed by atoms with Crippen molar-refractivity contribution in [3.63, 3.8) is 0 Å². The van der Waals surface area contributed by atoms with E-state index in [0.717, 1.165) is 35.1 Å². The molecule has 204 valence electrons. The maximum Gasteiger partial charge on any atom is 0.196 e. The van der Waals surface area contributed by atoms with Gasteiger partial charge in [0.05, 0.1) is 11.1 Å². The average Bonchev–Trinajstić information content (AvgIpc) is 2.91. The smallest absolute Gasteiger partial charge is 0.196 e. The fourth-order valence-corrected chi connectivity index (χ4v) is 4.73. The predicted octanol–water partition coefficient (Wildman–Crippen LogP) is 8.13. The van der Waals surface area contributed by atoms with Crippen molar-refractivity contribution in [2.24, 2.45) is 11.8 Å². The molecule has 0 bridgehead atoms. The van der Waals surface area contributed by atoms with Crippen molar-refractivity contribution in [3.05, 3.63) is 129 Å². The number of hydrogen-bond acceptors (Lipinski definition) is 4. The molecule has 0 atom stereocenters. The van der Waals surface area contributed by atoms with Crippen LogP contribution in [0.5, 0.6) is 11.5 Å². The minimum atomic E-state index is -0.218. The van der Waals surface area contributed by atoms with E-state index in [4.69, 9.17) is 0 Å². The first-order chi connectivity index (χ1) is 19.1. The van der Waals surface area contributed by atoms with E-state index >= 15 is 0 Å². The number of carbonyl (C=O) groups excluding carboxylic acids is 2. The van der Waals surface area contributed by atoms with E-state index in [1.807, 2.05) is 48.6 Å². The Morgan fingerprint density at radius 1 is 0.575 bits per heavy atom. The molecule has 0 aliphatic carbocycles. The molecule has 4 nitrogen and oxygen atoms in total. The van der Waals surface area contributed by atoms with Gasteiger partial charge in [-0.2, -0.15) is 0 Å². The third-order valence-electron chi connectivity index (χ3n) is 6.72. The Balaban J connectivity index is 1.41. The number of rotatable bonds is 10. The highest BCUT2D eigenvalue weighted by molar-refractivity contribution is 6.11. The zero-order valence-corrected chi connectivity index (χ0v) is 23.5. The van der Waals surface area contributed by atoms with Crippen LogP contribution in [0.15, 0.2) is 84.9 Å². The Kier molecular flexibility index (Phi) is 9.00. The van der Waals surface area contributed by atoms with Crippen LogP contribution >= 0.6 is 0 Å². The normalized spacial score (nSPS) is 11.4. The van der Waals surface area contributed by atoms with Crippen molar-refractivity contribution in [2.75, 3.05) is 0 Å². The van der Waals surface area contributed by atoms with Crippen LogP contribution in [0, 0.1) is 11.8 Å². The van der Waals surface area contributed by atoms with E-state index in [9.17, 15) is 19.8 Å². The molecule has 2 N–H and O–H groups in total. The van der Waals surface area contributed by atoms with Crippen LogP contribution in [0.25, 0.3) is 12.2 Å². The van der Waals surface area contributed by atoms with Crippen LogP contribution in [-0.4, -0.2) is 21.8 Å². The Hall–Kier alpha value is -4.44. The van der Waals surface area contributed by atoms with Crippen LogP contribution in [-0.2, 0) is 12.8 Å². The highest BCUT2D eigenvalue weighted by Gasteiger charge is 2.15. The van der Waals surface area contributed by atoms with Crippen molar-refractivity contribution >= 4 is 23.7 Å². The van der Waals surface area contributed by atoms with Gasteiger partial charge in [-0.05, 0) is 71.2 Å². The summed E-state index contributed by atoms with van der Waals surface area (Å²) in [5.41, 5.74) is 5.46. The summed E-state index contributed by atoms with van der Waals surface area (Å²) in [6.07, 6.45) is 5.56. The van der Waals surface area contributed by atoms with E-state index < -0.39 is 0 Å². The lowest BCUT2D eigenvalue weighted by Crippen LogP contribution is -2.03. The van der Waals surface area contributed by atoms with Crippen LogP contribution in [0.4, 0.5) is 0 Å². The maximum absolute atomic E-state index is 12.9. The molecule has 0 aromatic heterocycles. The second-order valence-electron chi connectivity index (χ2n) is 11.1. The van der Waals surface area contributed by atoms with Crippen molar-refractivity contribution in [1.29, 1.82) is 0 Å². The lowest BCUT2D eigenvalue weighted by Gasteiger charge is -2.09. The SMILES string of the molecule is CC(C)Cc1ccc(C(=O)c2ccc(/C=C/c3ccc(C(=O)c4ccc(CC(C)C)cc4O)cc3)cc2)c(O)c1. The van der Waals surface area contributed by atoms with Gasteiger partial charge in [0, 0.05) is 11.1 Å². The standard InChI is InChI=1S/C36H36O4/c1-23(2)19-27-11-17-31(33(37)21-27)35(39)29-13-7-25(8-14-29)5-6-26-9-15-30(16-10-26)36(40)32-18-12-28(20-24(3)4)22-34(32)38/h5-18,21-24,37-38H,19-20H2,1-4H3/b6-5+. The van der Waals surface area contributed by atoms with E-state index in [0.29, 0.717) is 34.1 Å². The molecular weight excluding hydrogens is 496 g/mol. The van der Waals surface area contributed by atoms with Crippen molar-refractivity contribution in [2.45, 2.75) is 40.5 Å². The highest BCUT2D eigenvalue weighted by atomic mass is 16.3. The Morgan fingerprint density at radius 3 is 1.23 bits per heavy atom. The van der Waals surface area contributed by atoms with Crippen LogP contribution in [0.3, 0.4) is 0 Å². The molecule has 0 unspecified atom stereocenters. The Morgan fingerprint density at radius 2 is 0.925 bits per heavy atom. The number of carbonyl (C=O) groups is 2. The molecule has 0 radical (unpaired) electrons. The molecule has 0 amide bonds. The predicted molar refractivity (Wildman–Crippen MR) is 162 cm³/mol. The van der Waals surface area contributed by atoms with Gasteiger partial charge in [0.25, 0.3) is 0 Å². The Bertz CT molecular complexity index is 1410. The first-order valence-corrected chi connectivity index (χ1v) is 13.7. The number of phenols is 2. The van der Waals surface area contributed by atoms with Gasteiger partial charge < -0.3 is 10.2 Å². The lowest BCUT2D eigenvalue weighted by atomic mass is 9.96. The summed E-state index contributed by atoms with van der Waals surface area (Å²) in [5.74, 6) is 0.512. The molecule has 40 heavy (non-hydrogen) atoms. The number of benzene rings is 4. The molecule has 4 heteroatoms. The average molecular weight is 533 g/mol. The molecule has 4 aromatic rings. The van der Waals surface area contributed by atoms with Crippen molar-refractivity contribution in [1.82, 2.24) is 0 Å². The van der Waals surface area contributed by atoms with Gasteiger partial charge in [0.2, 0.25) is 0 Å². The summed E-state index contributed by atoms with van der Waals surface area (Å²) in [4.78, 5) is 25.9. The first-order valence-electron chi connectivity index (χ1n) is 13.7. The zero-order valence-electron chi connectivity index (χ0n) is 23.5. The summed E-state index contributed by atoms with van der Waals surface area (Å²) >= 11 is 0. The van der Waals surface area contributed by atoms with Crippen molar-refractivity contribution < 1.29 is 19.8 Å². The van der Waals surface area contributed by atoms with E-state index in [1.165, 1.54) is 0 Å². The lowest BCUT2D eigenvalue weighted by molar-refractivity contribution is 0.102. The van der Waals surface area contributed by atoms with Crippen LogP contribution in [0.1, 0.15) is 81.8 Å². The third-order valence-corrected chi connectivity index (χ3v) is 6.72. The van der Waals surface area contributed by atoms with Gasteiger partial charge in [-0.3, -0.25) is 9.59 Å². The van der Waals surface area contributed by atoms with Gasteiger partial charge in [0.1, 0.15) is 11.5 Å². The molecule has 0 aliphatic heterocycles. The van der Waals surface area contributed by atoms with Gasteiger partial charge >= 0.3 is 0 Å². The second-order valence-corrected chi connectivity index (χ2v) is 11.1. The molecule has 0 aliphatic rings. The highest BCUT2D eigenvalue weighted by Crippen LogP contribution is 2.25. The largest absolute Gasteiger partial charge is 0.507 e. The number of phenolic OH excluding ortho intramolecular Hbond substituents is 2. The molecule has 4 aromatic carbocycles. The van der Waals surface area contributed by atoms with E-state index in [-0.39, 0.29) is 23.1 Å². The first kappa shape index (κ1) is 28.6. The molecule has 0 saturated heterocycles.